The van der Waals surface area contributed by atoms with Crippen LogP contribution >= 0.6 is 15.9 Å². The molecule has 2 aromatic heterocycles. The molecule has 0 bridgehead atoms. The number of nitrogens with two attached hydrogens (primary N) is 1. The van der Waals surface area contributed by atoms with Gasteiger partial charge >= 0.3 is 0 Å². The highest BCUT2D eigenvalue weighted by Gasteiger charge is 2.08. The standard InChI is InChI=1S/C10H13BrN6/c11-9-5-8(6-13-7-9)10-14-15-16-17(10)4-2-1-3-12/h5-7H,1-4,12H2. The normalized spacial score (nSPS) is 10.7. The summed E-state index contributed by atoms with van der Waals surface area (Å²) in [6.45, 7) is 1.46. The molecule has 0 aliphatic heterocycles. The van der Waals surface area contributed by atoms with E-state index >= 15 is 0 Å². The van der Waals surface area contributed by atoms with Gasteiger partial charge < -0.3 is 5.73 Å². The van der Waals surface area contributed by atoms with E-state index in [4.69, 9.17) is 5.73 Å². The Morgan fingerprint density at radius 2 is 2.18 bits per heavy atom. The lowest BCUT2D eigenvalue weighted by atomic mass is 10.2. The number of aryl methyl sites for hydroxylation is 1. The van der Waals surface area contributed by atoms with E-state index in [0.717, 1.165) is 35.2 Å². The van der Waals surface area contributed by atoms with Gasteiger partial charge in [-0.05, 0) is 51.8 Å². The Labute approximate surface area is 107 Å². The van der Waals surface area contributed by atoms with Crippen LogP contribution < -0.4 is 5.73 Å². The van der Waals surface area contributed by atoms with Gasteiger partial charge in [-0.1, -0.05) is 0 Å². The third-order valence-electron chi connectivity index (χ3n) is 2.32. The molecule has 0 aliphatic carbocycles. The van der Waals surface area contributed by atoms with Crippen LogP contribution in [0.4, 0.5) is 0 Å². The quantitative estimate of drug-likeness (QED) is 0.839. The summed E-state index contributed by atoms with van der Waals surface area (Å²) in [7, 11) is 0. The molecule has 2 rings (SSSR count). The highest BCUT2D eigenvalue weighted by molar-refractivity contribution is 9.10. The molecule has 0 aliphatic rings. The molecule has 0 unspecified atom stereocenters. The summed E-state index contributed by atoms with van der Waals surface area (Å²) in [5, 5.41) is 11.7. The molecule has 2 N–H and O–H groups in total. The molecule has 0 aromatic carbocycles. The maximum Gasteiger partial charge on any atom is 0.183 e. The predicted octanol–water partition coefficient (Wildman–Crippen LogP) is 1.24. The lowest BCUT2D eigenvalue weighted by Crippen LogP contribution is -2.06. The molecule has 0 saturated heterocycles. The highest BCUT2D eigenvalue weighted by atomic mass is 79.9. The van der Waals surface area contributed by atoms with Gasteiger partial charge in [0.2, 0.25) is 0 Å². The molecule has 2 heterocycles. The average Bonchev–Trinajstić information content (AvgIpc) is 2.78. The summed E-state index contributed by atoms with van der Waals surface area (Å²) < 4.78 is 2.69. The van der Waals surface area contributed by atoms with Crippen molar-refractivity contribution in [1.29, 1.82) is 0 Å². The number of aromatic nitrogens is 5. The average molecular weight is 297 g/mol. The Morgan fingerprint density at radius 1 is 1.29 bits per heavy atom. The Balaban J connectivity index is 2.18. The summed E-state index contributed by atoms with van der Waals surface area (Å²) in [5.74, 6) is 0.732. The van der Waals surface area contributed by atoms with Crippen LogP contribution in [-0.4, -0.2) is 31.7 Å². The maximum absolute atomic E-state index is 5.46. The molecule has 0 spiro atoms. The number of rotatable bonds is 5. The first-order valence-electron chi connectivity index (χ1n) is 5.38. The van der Waals surface area contributed by atoms with E-state index in [1.54, 1.807) is 17.1 Å². The minimum atomic E-state index is 0.690. The fourth-order valence-electron chi connectivity index (χ4n) is 1.50. The second-order valence-corrected chi connectivity index (χ2v) is 4.53. The summed E-state index contributed by atoms with van der Waals surface area (Å²) in [5.41, 5.74) is 6.36. The first-order chi connectivity index (χ1) is 8.31. The number of pyridine rings is 1. The van der Waals surface area contributed by atoms with Crippen LogP contribution in [0.3, 0.4) is 0 Å². The van der Waals surface area contributed by atoms with Crippen molar-refractivity contribution in [3.05, 3.63) is 22.9 Å². The van der Waals surface area contributed by atoms with E-state index in [-0.39, 0.29) is 0 Å². The third-order valence-corrected chi connectivity index (χ3v) is 2.75. The fourth-order valence-corrected chi connectivity index (χ4v) is 1.87. The molecule has 0 atom stereocenters. The molecule has 90 valence electrons. The van der Waals surface area contributed by atoms with Crippen LogP contribution in [0.1, 0.15) is 12.8 Å². The van der Waals surface area contributed by atoms with Gasteiger partial charge in [-0.2, -0.15) is 0 Å². The van der Waals surface area contributed by atoms with E-state index < -0.39 is 0 Å². The van der Waals surface area contributed by atoms with Crippen LogP contribution in [0.25, 0.3) is 11.4 Å². The van der Waals surface area contributed by atoms with Gasteiger partial charge in [-0.25, -0.2) is 4.68 Å². The van der Waals surface area contributed by atoms with Gasteiger partial charge in [-0.15, -0.1) is 5.10 Å². The lowest BCUT2D eigenvalue weighted by molar-refractivity contribution is 0.548. The number of unbranched alkanes of at least 4 members (excludes halogenated alkanes) is 1. The van der Waals surface area contributed by atoms with Crippen LogP contribution in [-0.2, 0) is 6.54 Å². The van der Waals surface area contributed by atoms with E-state index in [1.807, 2.05) is 6.07 Å². The Morgan fingerprint density at radius 3 is 2.94 bits per heavy atom. The lowest BCUT2D eigenvalue weighted by Gasteiger charge is -2.03. The molecule has 0 amide bonds. The van der Waals surface area contributed by atoms with Crippen LogP contribution in [0, 0.1) is 0 Å². The second-order valence-electron chi connectivity index (χ2n) is 3.61. The molecule has 2 aromatic rings. The van der Waals surface area contributed by atoms with Crippen LogP contribution in [0.2, 0.25) is 0 Å². The number of halogens is 1. The number of hydrogen-bond acceptors (Lipinski definition) is 5. The van der Waals surface area contributed by atoms with Crippen molar-refractivity contribution in [3.63, 3.8) is 0 Å². The topological polar surface area (TPSA) is 82.5 Å². The van der Waals surface area contributed by atoms with Crippen LogP contribution in [0.5, 0.6) is 0 Å². The van der Waals surface area contributed by atoms with Crippen molar-refractivity contribution < 1.29 is 0 Å². The van der Waals surface area contributed by atoms with E-state index in [0.29, 0.717) is 6.54 Å². The van der Waals surface area contributed by atoms with Gasteiger partial charge in [0, 0.05) is 29.0 Å². The minimum absolute atomic E-state index is 0.690. The number of tetrazole rings is 1. The fraction of sp³-hybridized carbons (Fsp3) is 0.400. The smallest absolute Gasteiger partial charge is 0.183 e. The predicted molar refractivity (Wildman–Crippen MR) is 67.0 cm³/mol. The summed E-state index contributed by atoms with van der Waals surface area (Å²) in [6.07, 6.45) is 5.41. The molecule has 0 radical (unpaired) electrons. The summed E-state index contributed by atoms with van der Waals surface area (Å²) in [6, 6.07) is 1.94. The van der Waals surface area contributed by atoms with Crippen LogP contribution in [0.15, 0.2) is 22.9 Å². The monoisotopic (exact) mass is 296 g/mol. The molecule has 6 nitrogen and oxygen atoms in total. The molecular formula is C10H13BrN6. The van der Waals surface area contributed by atoms with Gasteiger partial charge in [0.25, 0.3) is 0 Å². The molecule has 17 heavy (non-hydrogen) atoms. The van der Waals surface area contributed by atoms with E-state index in [1.165, 1.54) is 0 Å². The third kappa shape index (κ3) is 3.07. The Hall–Kier alpha value is -1.34. The van der Waals surface area contributed by atoms with Crippen molar-refractivity contribution in [3.8, 4) is 11.4 Å². The van der Waals surface area contributed by atoms with E-state index in [2.05, 4.69) is 36.4 Å². The Bertz CT molecular complexity index is 483. The zero-order chi connectivity index (χ0) is 12.1. The van der Waals surface area contributed by atoms with Crippen molar-refractivity contribution in [1.82, 2.24) is 25.2 Å². The molecular weight excluding hydrogens is 284 g/mol. The van der Waals surface area contributed by atoms with E-state index in [9.17, 15) is 0 Å². The van der Waals surface area contributed by atoms with Gasteiger partial charge in [0.05, 0.1) is 0 Å². The van der Waals surface area contributed by atoms with Crippen molar-refractivity contribution >= 4 is 15.9 Å². The number of nitrogens with zero attached hydrogens (tertiary/aromatic N) is 5. The molecule has 0 fully saturated rings. The van der Waals surface area contributed by atoms with Gasteiger partial charge in [-0.3, -0.25) is 4.98 Å². The van der Waals surface area contributed by atoms with Crippen molar-refractivity contribution in [2.75, 3.05) is 6.54 Å². The SMILES string of the molecule is NCCCCn1nnnc1-c1cncc(Br)c1. The summed E-state index contributed by atoms with van der Waals surface area (Å²) in [4.78, 5) is 4.10. The van der Waals surface area contributed by atoms with Gasteiger partial charge in [0.15, 0.2) is 5.82 Å². The molecule has 0 saturated carbocycles. The first kappa shape index (κ1) is 12.1. The molecule has 7 heteroatoms. The summed E-state index contributed by atoms with van der Waals surface area (Å²) >= 11 is 3.38. The highest BCUT2D eigenvalue weighted by Crippen LogP contribution is 2.19. The number of hydrogen-bond donors (Lipinski definition) is 1. The minimum Gasteiger partial charge on any atom is -0.330 e. The zero-order valence-electron chi connectivity index (χ0n) is 9.25. The second kappa shape index (κ2) is 5.83. The largest absolute Gasteiger partial charge is 0.330 e. The van der Waals surface area contributed by atoms with Crippen molar-refractivity contribution in [2.24, 2.45) is 5.73 Å². The van der Waals surface area contributed by atoms with Crippen molar-refractivity contribution in [2.45, 2.75) is 19.4 Å². The Kier molecular flexibility index (Phi) is 4.16. The maximum atomic E-state index is 5.46. The first-order valence-corrected chi connectivity index (χ1v) is 6.17. The zero-order valence-corrected chi connectivity index (χ0v) is 10.8. The van der Waals surface area contributed by atoms with Gasteiger partial charge in [0.1, 0.15) is 0 Å².